The molecular weight excluding hydrogens is 606 g/mol. The van der Waals surface area contributed by atoms with E-state index in [2.05, 4.69) is 23.8 Å². The predicted molar refractivity (Wildman–Crippen MR) is 172 cm³/mol. The van der Waals surface area contributed by atoms with Gasteiger partial charge in [-0.1, -0.05) is 72.8 Å². The fourth-order valence-corrected chi connectivity index (χ4v) is 5.01. The molecule has 0 saturated carbocycles. The molecule has 3 rings (SSSR count). The second-order valence-corrected chi connectivity index (χ2v) is 11.1. The minimum atomic E-state index is -1.43. The van der Waals surface area contributed by atoms with Gasteiger partial charge in [0.1, 0.15) is 25.9 Å². The van der Waals surface area contributed by atoms with E-state index in [9.17, 15) is 29.1 Å². The van der Waals surface area contributed by atoms with Crippen molar-refractivity contribution in [2.24, 2.45) is 5.92 Å². The largest absolute Gasteiger partial charge is 0.461 e. The van der Waals surface area contributed by atoms with Gasteiger partial charge in [-0.25, -0.2) is 14.4 Å². The molecule has 12 nitrogen and oxygen atoms in total. The summed E-state index contributed by atoms with van der Waals surface area (Å²) in [7, 11) is 0. The number of ether oxygens (including phenoxy) is 3. The summed E-state index contributed by atoms with van der Waals surface area (Å²) in [5.74, 6) is -3.57. The monoisotopic (exact) mass is 649 g/mol. The Balaban J connectivity index is 1.67. The van der Waals surface area contributed by atoms with Gasteiger partial charge in [0, 0.05) is 13.0 Å². The molecule has 0 radical (unpaired) electrons. The standard InChI is InChI=1S/C35H43N3O9/c1-3-12-27(20-31(40)38-19-11-18-28(38)21-39)32(41)36-30(34(43)45-22-25-14-7-5-8-15-25)24-46-33(42)29(13-4-2)37-35(44)47-23-26-16-9-6-10-17-26/h3-10,14-17,27-30,39H,1-2,11-13,18-24H2,(H,36,41)(H,37,44)/t27-,28+,29-,30-/m1/s1. The second kappa shape index (κ2) is 19.5. The maximum Gasteiger partial charge on any atom is 0.408 e. The molecule has 2 aromatic carbocycles. The third-order valence-corrected chi connectivity index (χ3v) is 7.56. The Bertz CT molecular complexity index is 1350. The maximum atomic E-state index is 13.4. The van der Waals surface area contributed by atoms with Crippen LogP contribution < -0.4 is 10.6 Å². The summed E-state index contributed by atoms with van der Waals surface area (Å²) in [6.45, 7) is 6.89. The fraction of sp³-hybridized carbons (Fsp3) is 0.400. The Morgan fingerprint density at radius 3 is 2.02 bits per heavy atom. The van der Waals surface area contributed by atoms with Crippen molar-refractivity contribution in [3.05, 3.63) is 97.1 Å². The van der Waals surface area contributed by atoms with E-state index in [1.165, 1.54) is 12.2 Å². The van der Waals surface area contributed by atoms with E-state index in [1.54, 1.807) is 53.4 Å². The molecule has 252 valence electrons. The molecule has 3 amide bonds. The topological polar surface area (TPSA) is 161 Å². The summed E-state index contributed by atoms with van der Waals surface area (Å²) in [4.78, 5) is 66.7. The molecule has 47 heavy (non-hydrogen) atoms. The number of aliphatic hydroxyl groups is 1. The minimum absolute atomic E-state index is 0.00358. The smallest absolute Gasteiger partial charge is 0.408 e. The van der Waals surface area contributed by atoms with Gasteiger partial charge >= 0.3 is 18.0 Å². The van der Waals surface area contributed by atoms with Crippen LogP contribution in [0.3, 0.4) is 0 Å². The number of rotatable bonds is 18. The highest BCUT2D eigenvalue weighted by atomic mass is 16.6. The summed E-state index contributed by atoms with van der Waals surface area (Å²) >= 11 is 0. The molecule has 4 atom stereocenters. The highest BCUT2D eigenvalue weighted by molar-refractivity contribution is 5.90. The van der Waals surface area contributed by atoms with Gasteiger partial charge in [-0.15, -0.1) is 13.2 Å². The van der Waals surface area contributed by atoms with Gasteiger partial charge in [0.2, 0.25) is 11.8 Å². The molecule has 1 aliphatic heterocycles. The predicted octanol–water partition coefficient (Wildman–Crippen LogP) is 3.19. The average molecular weight is 650 g/mol. The summed E-state index contributed by atoms with van der Waals surface area (Å²) in [6, 6.07) is 15.0. The highest BCUT2D eigenvalue weighted by Gasteiger charge is 2.33. The molecule has 1 fully saturated rings. The van der Waals surface area contributed by atoms with Crippen LogP contribution >= 0.6 is 0 Å². The quantitative estimate of drug-likeness (QED) is 0.125. The van der Waals surface area contributed by atoms with Crippen LogP contribution in [0.2, 0.25) is 0 Å². The lowest BCUT2D eigenvalue weighted by atomic mass is 9.98. The Hall–Kier alpha value is -4.97. The number of esters is 2. The summed E-state index contributed by atoms with van der Waals surface area (Å²) in [6.07, 6.45) is 3.45. The molecule has 0 spiro atoms. The molecule has 1 saturated heterocycles. The van der Waals surface area contributed by atoms with E-state index in [4.69, 9.17) is 14.2 Å². The van der Waals surface area contributed by atoms with Crippen molar-refractivity contribution < 1.29 is 43.3 Å². The van der Waals surface area contributed by atoms with Crippen LogP contribution in [0.5, 0.6) is 0 Å². The average Bonchev–Trinajstić information content (AvgIpc) is 3.58. The van der Waals surface area contributed by atoms with E-state index in [0.29, 0.717) is 18.5 Å². The Morgan fingerprint density at radius 2 is 1.43 bits per heavy atom. The summed E-state index contributed by atoms with van der Waals surface area (Å²) in [5.41, 5.74) is 1.45. The van der Waals surface area contributed by atoms with E-state index < -0.39 is 48.5 Å². The Kier molecular flexibility index (Phi) is 15.2. The lowest BCUT2D eigenvalue weighted by molar-refractivity contribution is -0.156. The lowest BCUT2D eigenvalue weighted by Crippen LogP contribution is -2.49. The number of alkyl carbamates (subject to hydrolysis) is 1. The molecule has 0 aliphatic carbocycles. The number of amides is 3. The van der Waals surface area contributed by atoms with Crippen molar-refractivity contribution in [1.82, 2.24) is 15.5 Å². The molecule has 0 unspecified atom stereocenters. The normalized spacial score (nSPS) is 15.8. The van der Waals surface area contributed by atoms with Crippen molar-refractivity contribution in [3.63, 3.8) is 0 Å². The number of nitrogens with one attached hydrogen (secondary N) is 2. The summed E-state index contributed by atoms with van der Waals surface area (Å²) in [5, 5.41) is 14.6. The molecule has 1 aliphatic rings. The molecule has 0 aromatic heterocycles. The third-order valence-electron chi connectivity index (χ3n) is 7.56. The van der Waals surface area contributed by atoms with Crippen LogP contribution in [0, 0.1) is 5.92 Å². The number of likely N-dealkylation sites (tertiary alicyclic amines) is 1. The van der Waals surface area contributed by atoms with Crippen LogP contribution in [0.15, 0.2) is 86.0 Å². The second-order valence-electron chi connectivity index (χ2n) is 11.1. The first-order chi connectivity index (χ1) is 22.7. The number of nitrogens with zero attached hydrogens (tertiary/aromatic N) is 1. The van der Waals surface area contributed by atoms with Gasteiger partial charge in [0.15, 0.2) is 6.04 Å². The zero-order valence-electron chi connectivity index (χ0n) is 26.4. The number of carbonyl (C=O) groups is 5. The number of benzene rings is 2. The van der Waals surface area contributed by atoms with Gasteiger partial charge in [-0.2, -0.15) is 0 Å². The van der Waals surface area contributed by atoms with Crippen molar-refractivity contribution in [2.75, 3.05) is 19.8 Å². The van der Waals surface area contributed by atoms with Gasteiger partial charge in [0.25, 0.3) is 0 Å². The number of aliphatic hydroxyl groups excluding tert-OH is 1. The molecule has 3 N–H and O–H groups in total. The van der Waals surface area contributed by atoms with Gasteiger partial charge in [0.05, 0.1) is 18.6 Å². The van der Waals surface area contributed by atoms with Crippen molar-refractivity contribution in [1.29, 1.82) is 0 Å². The zero-order valence-corrected chi connectivity index (χ0v) is 26.4. The van der Waals surface area contributed by atoms with Crippen LogP contribution in [0.1, 0.15) is 43.2 Å². The minimum Gasteiger partial charge on any atom is -0.461 e. The van der Waals surface area contributed by atoms with Crippen molar-refractivity contribution in [3.8, 4) is 0 Å². The van der Waals surface area contributed by atoms with E-state index >= 15 is 0 Å². The number of hydrogen-bond donors (Lipinski definition) is 3. The zero-order chi connectivity index (χ0) is 34.0. The van der Waals surface area contributed by atoms with Crippen LogP contribution in [0.25, 0.3) is 0 Å². The maximum absolute atomic E-state index is 13.4. The van der Waals surface area contributed by atoms with Gasteiger partial charge in [-0.05, 0) is 36.8 Å². The summed E-state index contributed by atoms with van der Waals surface area (Å²) < 4.78 is 16.0. The van der Waals surface area contributed by atoms with Crippen molar-refractivity contribution >= 4 is 29.8 Å². The molecule has 1 heterocycles. The van der Waals surface area contributed by atoms with Gasteiger partial charge < -0.3 is 34.9 Å². The third kappa shape index (κ3) is 12.0. The molecular formula is C35H43N3O9. The van der Waals surface area contributed by atoms with Crippen LogP contribution in [-0.4, -0.2) is 77.7 Å². The Labute approximate surface area is 274 Å². The van der Waals surface area contributed by atoms with Gasteiger partial charge in [-0.3, -0.25) is 9.59 Å². The SMILES string of the molecule is C=CC[C@H](CC(=O)N1CCC[C@H]1CO)C(=O)N[C@H](COC(=O)[C@@H](CC=C)NC(=O)OCc1ccccc1)C(=O)OCc1ccccc1. The lowest BCUT2D eigenvalue weighted by Gasteiger charge is -2.26. The number of hydrogen-bond acceptors (Lipinski definition) is 9. The van der Waals surface area contributed by atoms with Crippen molar-refractivity contribution in [2.45, 2.75) is 63.4 Å². The highest BCUT2D eigenvalue weighted by Crippen LogP contribution is 2.21. The first-order valence-electron chi connectivity index (χ1n) is 15.5. The number of allylic oxidation sites excluding steroid dienone is 1. The first-order valence-corrected chi connectivity index (χ1v) is 15.5. The molecule has 2 aromatic rings. The van der Waals surface area contributed by atoms with E-state index in [-0.39, 0.29) is 51.0 Å². The first kappa shape index (κ1) is 36.5. The fourth-order valence-electron chi connectivity index (χ4n) is 5.01. The van der Waals surface area contributed by atoms with Crippen LogP contribution in [-0.2, 0) is 46.6 Å². The van der Waals surface area contributed by atoms with E-state index in [0.717, 1.165) is 12.0 Å². The van der Waals surface area contributed by atoms with E-state index in [1.807, 2.05) is 12.1 Å². The Morgan fingerprint density at radius 1 is 0.830 bits per heavy atom. The van der Waals surface area contributed by atoms with Crippen LogP contribution in [0.4, 0.5) is 4.79 Å². The molecule has 0 bridgehead atoms. The number of carbonyl (C=O) groups excluding carboxylic acids is 5. The molecule has 12 heteroatoms.